The van der Waals surface area contributed by atoms with Crippen LogP contribution in [-0.2, 0) is 0 Å². The third-order valence-electron chi connectivity index (χ3n) is 2.40. The minimum absolute atomic E-state index is 0.0466. The van der Waals surface area contributed by atoms with Crippen LogP contribution >= 0.6 is 0 Å². The number of para-hydroxylation sites is 1. The summed E-state index contributed by atoms with van der Waals surface area (Å²) in [5.41, 5.74) is 0.135. The van der Waals surface area contributed by atoms with Crippen molar-refractivity contribution < 1.29 is 19.4 Å². The van der Waals surface area contributed by atoms with Crippen LogP contribution in [0.4, 0.5) is 0 Å². The second-order valence-electron chi connectivity index (χ2n) is 3.71. The zero-order chi connectivity index (χ0) is 12.8. The van der Waals surface area contributed by atoms with Gasteiger partial charge < -0.3 is 14.6 Å². The van der Waals surface area contributed by atoms with Crippen molar-refractivity contribution in [2.24, 2.45) is 0 Å². The maximum absolute atomic E-state index is 11.1. The van der Waals surface area contributed by atoms with Crippen LogP contribution in [0.2, 0.25) is 0 Å². The maximum Gasteiger partial charge on any atom is 0.339 e. The maximum atomic E-state index is 11.1. The zero-order valence-electron chi connectivity index (χ0n) is 10.4. The molecule has 0 bridgehead atoms. The van der Waals surface area contributed by atoms with Gasteiger partial charge in [0.2, 0.25) is 0 Å². The van der Waals surface area contributed by atoms with Crippen molar-refractivity contribution in [3.8, 4) is 11.5 Å². The molecule has 1 unspecified atom stereocenters. The molecule has 4 nitrogen and oxygen atoms in total. The molecule has 0 aliphatic rings. The van der Waals surface area contributed by atoms with Gasteiger partial charge in [-0.15, -0.1) is 0 Å². The smallest absolute Gasteiger partial charge is 0.339 e. The van der Waals surface area contributed by atoms with E-state index in [1.165, 1.54) is 6.07 Å². The molecule has 0 aliphatic heterocycles. The van der Waals surface area contributed by atoms with Crippen molar-refractivity contribution in [3.05, 3.63) is 23.8 Å². The fraction of sp³-hybridized carbons (Fsp3) is 0.462. The third kappa shape index (κ3) is 3.37. The molecule has 0 radical (unpaired) electrons. The van der Waals surface area contributed by atoms with Crippen LogP contribution in [0.15, 0.2) is 18.2 Å². The summed E-state index contributed by atoms with van der Waals surface area (Å²) in [4.78, 5) is 11.1. The molecular formula is C13H18O4. The Morgan fingerprint density at radius 3 is 2.65 bits per heavy atom. The number of carbonyl (C=O) groups is 1. The van der Waals surface area contributed by atoms with E-state index in [2.05, 4.69) is 0 Å². The molecule has 0 spiro atoms. The molecule has 0 aromatic heterocycles. The predicted octanol–water partition coefficient (Wildman–Crippen LogP) is 2.96. The van der Waals surface area contributed by atoms with Gasteiger partial charge in [-0.25, -0.2) is 4.79 Å². The number of rotatable bonds is 6. The molecule has 1 aromatic rings. The molecule has 0 heterocycles. The van der Waals surface area contributed by atoms with E-state index in [9.17, 15) is 4.79 Å². The number of aromatic carboxylic acids is 1. The molecule has 0 saturated carbocycles. The van der Waals surface area contributed by atoms with Gasteiger partial charge in [0.15, 0.2) is 11.5 Å². The summed E-state index contributed by atoms with van der Waals surface area (Å²) in [6.07, 6.45) is 0.759. The van der Waals surface area contributed by atoms with Gasteiger partial charge in [0.25, 0.3) is 0 Å². The largest absolute Gasteiger partial charge is 0.490 e. The lowest BCUT2D eigenvalue weighted by Gasteiger charge is -2.17. The molecule has 94 valence electrons. The van der Waals surface area contributed by atoms with E-state index in [0.29, 0.717) is 18.1 Å². The van der Waals surface area contributed by atoms with Crippen molar-refractivity contribution in [1.82, 2.24) is 0 Å². The van der Waals surface area contributed by atoms with Crippen molar-refractivity contribution in [2.75, 3.05) is 6.61 Å². The normalized spacial score (nSPS) is 11.9. The van der Waals surface area contributed by atoms with Gasteiger partial charge >= 0.3 is 5.97 Å². The highest BCUT2D eigenvalue weighted by molar-refractivity contribution is 5.92. The topological polar surface area (TPSA) is 55.8 Å². The number of benzene rings is 1. The number of hydrogen-bond acceptors (Lipinski definition) is 3. The Morgan fingerprint density at radius 2 is 2.12 bits per heavy atom. The molecular weight excluding hydrogens is 220 g/mol. The first-order valence-electron chi connectivity index (χ1n) is 5.75. The molecule has 1 atom stereocenters. The summed E-state index contributed by atoms with van der Waals surface area (Å²) in [6, 6.07) is 4.88. The second-order valence-corrected chi connectivity index (χ2v) is 3.71. The minimum atomic E-state index is -1.01. The highest BCUT2D eigenvalue weighted by atomic mass is 16.5. The number of carboxylic acid groups (broad SMARTS) is 1. The first-order chi connectivity index (χ1) is 8.10. The van der Waals surface area contributed by atoms with Crippen LogP contribution in [-0.4, -0.2) is 23.8 Å². The standard InChI is InChI=1S/C13H18O4/c1-4-9(3)17-12-10(13(14)15)7-6-8-11(12)16-5-2/h6-9H,4-5H2,1-3H3,(H,14,15). The first-order valence-corrected chi connectivity index (χ1v) is 5.75. The Balaban J connectivity index is 3.13. The van der Waals surface area contributed by atoms with Gasteiger partial charge in [-0.3, -0.25) is 0 Å². The van der Waals surface area contributed by atoms with Gasteiger partial charge in [0, 0.05) is 0 Å². The summed E-state index contributed by atoms with van der Waals surface area (Å²) in [6.45, 7) is 6.20. The summed E-state index contributed by atoms with van der Waals surface area (Å²) >= 11 is 0. The molecule has 0 saturated heterocycles. The van der Waals surface area contributed by atoms with Gasteiger partial charge in [0.05, 0.1) is 12.7 Å². The molecule has 1 aromatic carbocycles. The van der Waals surface area contributed by atoms with Crippen molar-refractivity contribution in [2.45, 2.75) is 33.3 Å². The van der Waals surface area contributed by atoms with E-state index in [4.69, 9.17) is 14.6 Å². The highest BCUT2D eigenvalue weighted by Gasteiger charge is 2.18. The second kappa shape index (κ2) is 6.13. The lowest BCUT2D eigenvalue weighted by molar-refractivity contribution is 0.0688. The van der Waals surface area contributed by atoms with Crippen LogP contribution in [0.25, 0.3) is 0 Å². The van der Waals surface area contributed by atoms with Crippen LogP contribution in [0.1, 0.15) is 37.6 Å². The van der Waals surface area contributed by atoms with E-state index in [-0.39, 0.29) is 11.7 Å². The van der Waals surface area contributed by atoms with E-state index in [0.717, 1.165) is 6.42 Å². The molecule has 1 rings (SSSR count). The van der Waals surface area contributed by atoms with Crippen LogP contribution in [0, 0.1) is 0 Å². The van der Waals surface area contributed by atoms with Crippen LogP contribution in [0.5, 0.6) is 11.5 Å². The number of hydrogen-bond donors (Lipinski definition) is 1. The summed E-state index contributed by atoms with van der Waals surface area (Å²) in [5.74, 6) is -0.214. The molecule has 1 N–H and O–H groups in total. The summed E-state index contributed by atoms with van der Waals surface area (Å²) in [7, 11) is 0. The minimum Gasteiger partial charge on any atom is -0.490 e. The average Bonchev–Trinajstić information content (AvgIpc) is 2.31. The Kier molecular flexibility index (Phi) is 4.82. The third-order valence-corrected chi connectivity index (χ3v) is 2.40. The van der Waals surface area contributed by atoms with E-state index < -0.39 is 5.97 Å². The Bertz CT molecular complexity index is 387. The van der Waals surface area contributed by atoms with Gasteiger partial charge in [-0.2, -0.15) is 0 Å². The van der Waals surface area contributed by atoms with Crippen LogP contribution in [0.3, 0.4) is 0 Å². The predicted molar refractivity (Wildman–Crippen MR) is 65.0 cm³/mol. The van der Waals surface area contributed by atoms with Crippen molar-refractivity contribution in [1.29, 1.82) is 0 Å². The number of carboxylic acids is 1. The average molecular weight is 238 g/mol. The van der Waals surface area contributed by atoms with E-state index >= 15 is 0 Å². The molecule has 0 aliphatic carbocycles. The monoisotopic (exact) mass is 238 g/mol. The summed E-state index contributed by atoms with van der Waals surface area (Å²) in [5, 5.41) is 9.11. The quantitative estimate of drug-likeness (QED) is 0.827. The zero-order valence-corrected chi connectivity index (χ0v) is 10.4. The van der Waals surface area contributed by atoms with E-state index in [1.54, 1.807) is 12.1 Å². The molecule has 17 heavy (non-hydrogen) atoms. The van der Waals surface area contributed by atoms with Crippen molar-refractivity contribution in [3.63, 3.8) is 0 Å². The van der Waals surface area contributed by atoms with Crippen molar-refractivity contribution >= 4 is 5.97 Å². The molecule has 4 heteroatoms. The fourth-order valence-corrected chi connectivity index (χ4v) is 1.36. The Hall–Kier alpha value is -1.71. The molecule has 0 amide bonds. The lowest BCUT2D eigenvalue weighted by Crippen LogP contribution is -2.14. The highest BCUT2D eigenvalue weighted by Crippen LogP contribution is 2.32. The van der Waals surface area contributed by atoms with Gasteiger partial charge in [0.1, 0.15) is 5.56 Å². The number of ether oxygens (including phenoxy) is 2. The van der Waals surface area contributed by atoms with Crippen LogP contribution < -0.4 is 9.47 Å². The van der Waals surface area contributed by atoms with Gasteiger partial charge in [-0.05, 0) is 32.4 Å². The Morgan fingerprint density at radius 1 is 1.41 bits per heavy atom. The fourth-order valence-electron chi connectivity index (χ4n) is 1.36. The summed E-state index contributed by atoms with van der Waals surface area (Å²) < 4.78 is 11.0. The SMILES string of the molecule is CCOc1cccc(C(=O)O)c1OC(C)CC. The van der Waals surface area contributed by atoms with Gasteiger partial charge in [-0.1, -0.05) is 13.0 Å². The Labute approximate surface area is 101 Å². The lowest BCUT2D eigenvalue weighted by atomic mass is 10.2. The first kappa shape index (κ1) is 13.4. The van der Waals surface area contributed by atoms with E-state index in [1.807, 2.05) is 20.8 Å². The molecule has 0 fully saturated rings.